The van der Waals surface area contributed by atoms with E-state index in [2.05, 4.69) is 22.4 Å². The first-order chi connectivity index (χ1) is 7.34. The number of aromatic nitrogens is 2. The molecule has 0 radical (unpaired) electrons. The average Bonchev–Trinajstić information content (AvgIpc) is 2.88. The maximum atomic E-state index is 5.97. The second kappa shape index (κ2) is 3.51. The van der Waals surface area contributed by atoms with Crippen LogP contribution in [0.5, 0.6) is 0 Å². The van der Waals surface area contributed by atoms with Crippen molar-refractivity contribution in [1.82, 2.24) is 14.7 Å². The van der Waals surface area contributed by atoms with Crippen molar-refractivity contribution in [3.05, 3.63) is 35.2 Å². The summed E-state index contributed by atoms with van der Waals surface area (Å²) < 4.78 is 1.89. The SMILES string of the molecule is Clc1cnc2cc(C3CCCN3)ccn12. The molecule has 3 rings (SSSR count). The van der Waals surface area contributed by atoms with Crippen molar-refractivity contribution in [1.29, 1.82) is 0 Å². The van der Waals surface area contributed by atoms with Gasteiger partial charge in [0.1, 0.15) is 10.8 Å². The number of nitrogens with one attached hydrogen (secondary N) is 1. The summed E-state index contributed by atoms with van der Waals surface area (Å²) in [5.74, 6) is 0. The average molecular weight is 222 g/mol. The maximum Gasteiger partial charge on any atom is 0.138 e. The van der Waals surface area contributed by atoms with Crippen LogP contribution in [0.15, 0.2) is 24.5 Å². The Kier molecular flexibility index (Phi) is 2.15. The number of rotatable bonds is 1. The summed E-state index contributed by atoms with van der Waals surface area (Å²) in [6.45, 7) is 1.12. The van der Waals surface area contributed by atoms with Crippen LogP contribution in [0, 0.1) is 0 Å². The van der Waals surface area contributed by atoms with Crippen LogP contribution in [-0.2, 0) is 0 Å². The van der Waals surface area contributed by atoms with E-state index in [0.29, 0.717) is 11.2 Å². The molecule has 0 bridgehead atoms. The normalized spacial score (nSPS) is 21.3. The molecule has 1 aliphatic rings. The van der Waals surface area contributed by atoms with E-state index in [0.717, 1.165) is 12.2 Å². The molecule has 0 aromatic carbocycles. The Morgan fingerprint density at radius 3 is 3.27 bits per heavy atom. The van der Waals surface area contributed by atoms with Crippen LogP contribution in [0.2, 0.25) is 5.15 Å². The molecule has 0 amide bonds. The minimum atomic E-state index is 0.491. The lowest BCUT2D eigenvalue weighted by atomic mass is 10.1. The van der Waals surface area contributed by atoms with Crippen molar-refractivity contribution >= 4 is 17.2 Å². The van der Waals surface area contributed by atoms with Crippen LogP contribution in [0.4, 0.5) is 0 Å². The zero-order valence-electron chi connectivity index (χ0n) is 8.28. The fourth-order valence-electron chi connectivity index (χ4n) is 2.15. The molecule has 0 saturated carbocycles. The molecular formula is C11H12ClN3. The van der Waals surface area contributed by atoms with Crippen molar-refractivity contribution in [3.8, 4) is 0 Å². The van der Waals surface area contributed by atoms with Gasteiger partial charge in [-0.2, -0.15) is 0 Å². The molecule has 1 aliphatic heterocycles. The number of nitrogens with zero attached hydrogens (tertiary/aromatic N) is 2. The standard InChI is InChI=1S/C11H12ClN3/c12-10-7-14-11-6-8(3-5-15(10)11)9-2-1-4-13-9/h3,5-7,9,13H,1-2,4H2. The Morgan fingerprint density at radius 1 is 1.53 bits per heavy atom. The minimum absolute atomic E-state index is 0.491. The van der Waals surface area contributed by atoms with Gasteiger partial charge in [0.15, 0.2) is 0 Å². The molecule has 2 aromatic rings. The highest BCUT2D eigenvalue weighted by Gasteiger charge is 2.16. The fourth-order valence-corrected chi connectivity index (χ4v) is 2.34. The zero-order valence-corrected chi connectivity index (χ0v) is 9.04. The Bertz CT molecular complexity index is 486. The quantitative estimate of drug-likeness (QED) is 0.802. The van der Waals surface area contributed by atoms with Gasteiger partial charge in [0.25, 0.3) is 0 Å². The lowest BCUT2D eigenvalue weighted by molar-refractivity contribution is 0.647. The Labute approximate surface area is 93.1 Å². The second-order valence-corrected chi connectivity index (χ2v) is 4.31. The van der Waals surface area contributed by atoms with Gasteiger partial charge >= 0.3 is 0 Å². The van der Waals surface area contributed by atoms with Gasteiger partial charge in [-0.3, -0.25) is 4.40 Å². The van der Waals surface area contributed by atoms with Gasteiger partial charge in [-0.25, -0.2) is 4.98 Å². The third-order valence-corrected chi connectivity index (χ3v) is 3.23. The highest BCUT2D eigenvalue weighted by atomic mass is 35.5. The van der Waals surface area contributed by atoms with Crippen LogP contribution >= 0.6 is 11.6 Å². The molecule has 1 saturated heterocycles. The zero-order chi connectivity index (χ0) is 10.3. The second-order valence-electron chi connectivity index (χ2n) is 3.92. The lowest BCUT2D eigenvalue weighted by Gasteiger charge is -2.10. The van der Waals surface area contributed by atoms with Crippen LogP contribution in [0.1, 0.15) is 24.4 Å². The molecule has 1 fully saturated rings. The molecule has 1 atom stereocenters. The smallest absolute Gasteiger partial charge is 0.138 e. The molecule has 3 nitrogen and oxygen atoms in total. The largest absolute Gasteiger partial charge is 0.310 e. The summed E-state index contributed by atoms with van der Waals surface area (Å²) in [5, 5.41) is 4.14. The van der Waals surface area contributed by atoms with Crippen LogP contribution in [-0.4, -0.2) is 15.9 Å². The van der Waals surface area contributed by atoms with Crippen molar-refractivity contribution in [2.45, 2.75) is 18.9 Å². The topological polar surface area (TPSA) is 29.3 Å². The number of halogens is 1. The Morgan fingerprint density at radius 2 is 2.47 bits per heavy atom. The van der Waals surface area contributed by atoms with Gasteiger partial charge < -0.3 is 5.32 Å². The van der Waals surface area contributed by atoms with Gasteiger partial charge in [0.2, 0.25) is 0 Å². The van der Waals surface area contributed by atoms with Crippen molar-refractivity contribution in [3.63, 3.8) is 0 Å². The summed E-state index contributed by atoms with van der Waals surface area (Å²) in [6, 6.07) is 4.71. The fraction of sp³-hybridized carbons (Fsp3) is 0.364. The maximum absolute atomic E-state index is 5.97. The number of pyridine rings is 1. The first-order valence-electron chi connectivity index (χ1n) is 5.20. The molecule has 1 unspecified atom stereocenters. The first kappa shape index (κ1) is 9.19. The Balaban J connectivity index is 2.05. The summed E-state index contributed by atoms with van der Waals surface area (Å²) >= 11 is 5.97. The molecular weight excluding hydrogens is 210 g/mol. The summed E-state index contributed by atoms with van der Waals surface area (Å²) in [7, 11) is 0. The van der Waals surface area contributed by atoms with Crippen LogP contribution in [0.25, 0.3) is 5.65 Å². The lowest BCUT2D eigenvalue weighted by Crippen LogP contribution is -2.12. The van der Waals surface area contributed by atoms with Crippen molar-refractivity contribution in [2.24, 2.45) is 0 Å². The van der Waals surface area contributed by atoms with Crippen LogP contribution < -0.4 is 5.32 Å². The molecule has 2 aromatic heterocycles. The van der Waals surface area contributed by atoms with E-state index >= 15 is 0 Å². The molecule has 15 heavy (non-hydrogen) atoms. The summed E-state index contributed by atoms with van der Waals surface area (Å²) in [5.41, 5.74) is 2.23. The third kappa shape index (κ3) is 1.52. The van der Waals surface area contributed by atoms with Crippen LogP contribution in [0.3, 0.4) is 0 Å². The van der Waals surface area contributed by atoms with Gasteiger partial charge in [0, 0.05) is 12.2 Å². The predicted molar refractivity (Wildman–Crippen MR) is 60.2 cm³/mol. The van der Waals surface area contributed by atoms with E-state index in [4.69, 9.17) is 11.6 Å². The number of fused-ring (bicyclic) bond motifs is 1. The van der Waals surface area contributed by atoms with E-state index in [1.54, 1.807) is 6.20 Å². The van der Waals surface area contributed by atoms with E-state index in [9.17, 15) is 0 Å². The van der Waals surface area contributed by atoms with E-state index in [1.807, 2.05) is 10.6 Å². The molecule has 0 spiro atoms. The van der Waals surface area contributed by atoms with E-state index in [1.165, 1.54) is 18.4 Å². The number of hydrogen-bond acceptors (Lipinski definition) is 2. The summed E-state index contributed by atoms with van der Waals surface area (Å²) in [6.07, 6.45) is 6.14. The van der Waals surface area contributed by atoms with Crippen molar-refractivity contribution < 1.29 is 0 Å². The first-order valence-corrected chi connectivity index (χ1v) is 5.58. The van der Waals surface area contributed by atoms with Gasteiger partial charge in [-0.15, -0.1) is 0 Å². The van der Waals surface area contributed by atoms with E-state index in [-0.39, 0.29) is 0 Å². The summed E-state index contributed by atoms with van der Waals surface area (Å²) in [4.78, 5) is 4.25. The molecule has 0 aliphatic carbocycles. The van der Waals surface area contributed by atoms with Gasteiger partial charge in [0.05, 0.1) is 6.20 Å². The highest BCUT2D eigenvalue weighted by molar-refractivity contribution is 6.29. The monoisotopic (exact) mass is 221 g/mol. The van der Waals surface area contributed by atoms with Gasteiger partial charge in [-0.1, -0.05) is 11.6 Å². The van der Waals surface area contributed by atoms with E-state index < -0.39 is 0 Å². The minimum Gasteiger partial charge on any atom is -0.310 e. The molecule has 1 N–H and O–H groups in total. The molecule has 4 heteroatoms. The number of hydrogen-bond donors (Lipinski definition) is 1. The molecule has 3 heterocycles. The predicted octanol–water partition coefficient (Wildman–Crippen LogP) is 2.41. The molecule has 78 valence electrons. The number of imidazole rings is 1. The van der Waals surface area contributed by atoms with Crippen molar-refractivity contribution in [2.75, 3.05) is 6.54 Å². The van der Waals surface area contributed by atoms with Gasteiger partial charge in [-0.05, 0) is 37.1 Å². The third-order valence-electron chi connectivity index (χ3n) is 2.95. The Hall–Kier alpha value is -1.06. The highest BCUT2D eigenvalue weighted by Crippen LogP contribution is 2.24.